The van der Waals surface area contributed by atoms with Gasteiger partial charge in [0.1, 0.15) is 6.26 Å². The predicted molar refractivity (Wildman–Crippen MR) is 74.0 cm³/mol. The highest BCUT2D eigenvalue weighted by molar-refractivity contribution is 6.27. The van der Waals surface area contributed by atoms with Crippen LogP contribution in [-0.2, 0) is 20.1 Å². The van der Waals surface area contributed by atoms with E-state index in [9.17, 15) is 9.59 Å². The molecule has 0 aromatic heterocycles. The van der Waals surface area contributed by atoms with E-state index in [1.54, 1.807) is 24.3 Å². The normalized spacial score (nSPS) is 22.8. The highest BCUT2D eigenvalue weighted by Gasteiger charge is 2.57. The van der Waals surface area contributed by atoms with E-state index >= 15 is 0 Å². The van der Waals surface area contributed by atoms with Gasteiger partial charge in [-0.1, -0.05) is 42.5 Å². The maximum atomic E-state index is 12.8. The van der Waals surface area contributed by atoms with Crippen molar-refractivity contribution in [2.75, 3.05) is 0 Å². The van der Waals surface area contributed by atoms with E-state index in [0.29, 0.717) is 16.7 Å². The molecule has 21 heavy (non-hydrogen) atoms. The van der Waals surface area contributed by atoms with Crippen molar-refractivity contribution in [1.29, 1.82) is 0 Å². The predicted octanol–water partition coefficient (Wildman–Crippen LogP) is 2.65. The van der Waals surface area contributed by atoms with E-state index in [-0.39, 0.29) is 5.78 Å². The third kappa shape index (κ3) is 1.50. The zero-order chi connectivity index (χ0) is 14.4. The smallest absolute Gasteiger partial charge is 0.347 e. The van der Waals surface area contributed by atoms with Gasteiger partial charge < -0.3 is 9.47 Å². The van der Waals surface area contributed by atoms with Gasteiger partial charge in [0.05, 0.1) is 16.7 Å². The van der Waals surface area contributed by atoms with Crippen molar-refractivity contribution >= 4 is 17.3 Å². The number of Topliss-reactive ketones (excluding diaryl/α,β-unsaturated/α-hetero) is 1. The zero-order valence-corrected chi connectivity index (χ0v) is 10.9. The molecule has 4 nitrogen and oxygen atoms in total. The van der Waals surface area contributed by atoms with E-state index in [0.717, 1.165) is 5.56 Å². The summed E-state index contributed by atoms with van der Waals surface area (Å²) < 4.78 is 10.8. The highest BCUT2D eigenvalue weighted by atomic mass is 16.7. The first-order chi connectivity index (χ1) is 10.2. The summed E-state index contributed by atoms with van der Waals surface area (Å²) >= 11 is 0. The fraction of sp³-hybridized carbons (Fsp3) is 0.0588. The van der Waals surface area contributed by atoms with Crippen LogP contribution >= 0.6 is 0 Å². The molecule has 2 aliphatic heterocycles. The van der Waals surface area contributed by atoms with Gasteiger partial charge in [0.25, 0.3) is 5.78 Å². The van der Waals surface area contributed by atoms with Gasteiger partial charge in [0, 0.05) is 0 Å². The van der Waals surface area contributed by atoms with Gasteiger partial charge in [-0.05, 0) is 17.7 Å². The summed E-state index contributed by atoms with van der Waals surface area (Å²) in [6, 6.07) is 16.0. The van der Waals surface area contributed by atoms with Gasteiger partial charge >= 0.3 is 11.8 Å². The number of carbonyl (C=O) groups excluding carboxylic acids is 2. The minimum Gasteiger partial charge on any atom is -0.449 e. The molecule has 2 heterocycles. The van der Waals surface area contributed by atoms with Crippen LogP contribution in [0.1, 0.15) is 21.5 Å². The van der Waals surface area contributed by atoms with E-state index in [2.05, 4.69) is 0 Å². The number of ketones is 1. The summed E-state index contributed by atoms with van der Waals surface area (Å²) in [7, 11) is 0. The van der Waals surface area contributed by atoms with Crippen molar-refractivity contribution in [1.82, 2.24) is 0 Å². The first-order valence-corrected chi connectivity index (χ1v) is 6.53. The van der Waals surface area contributed by atoms with E-state index < -0.39 is 11.8 Å². The van der Waals surface area contributed by atoms with Crippen LogP contribution in [0, 0.1) is 0 Å². The number of ether oxygens (including phenoxy) is 2. The molecule has 0 amide bonds. The molecular weight excluding hydrogens is 268 g/mol. The summed E-state index contributed by atoms with van der Waals surface area (Å²) in [6.07, 6.45) is 1.37. The molecule has 0 radical (unpaired) electrons. The SMILES string of the molecule is O=C1O[C@]2(OC=C(c3ccccc3)C2=O)c2ccccc21. The Hall–Kier alpha value is -2.88. The minimum atomic E-state index is -1.65. The van der Waals surface area contributed by atoms with E-state index in [1.165, 1.54) is 6.26 Å². The van der Waals surface area contributed by atoms with Crippen LogP contribution in [-0.4, -0.2) is 11.8 Å². The van der Waals surface area contributed by atoms with Crippen LogP contribution in [0.15, 0.2) is 60.9 Å². The Balaban J connectivity index is 1.81. The maximum absolute atomic E-state index is 12.8. The second-order valence-electron chi connectivity index (χ2n) is 4.90. The van der Waals surface area contributed by atoms with Gasteiger partial charge in [-0.2, -0.15) is 0 Å². The van der Waals surface area contributed by atoms with Crippen molar-refractivity contribution in [3.8, 4) is 0 Å². The zero-order valence-electron chi connectivity index (χ0n) is 10.9. The minimum absolute atomic E-state index is 0.355. The molecule has 1 atom stereocenters. The lowest BCUT2D eigenvalue weighted by Gasteiger charge is -2.20. The Labute approximate surface area is 120 Å². The largest absolute Gasteiger partial charge is 0.449 e. The Morgan fingerprint density at radius 2 is 1.57 bits per heavy atom. The molecule has 102 valence electrons. The summed E-state index contributed by atoms with van der Waals surface area (Å²) in [5.41, 5.74) is 1.97. The Bertz CT molecular complexity index is 791. The first-order valence-electron chi connectivity index (χ1n) is 6.53. The van der Waals surface area contributed by atoms with Crippen LogP contribution in [0.3, 0.4) is 0 Å². The van der Waals surface area contributed by atoms with Crippen LogP contribution < -0.4 is 0 Å². The quantitative estimate of drug-likeness (QED) is 0.752. The van der Waals surface area contributed by atoms with Crippen LogP contribution in [0.2, 0.25) is 0 Å². The average Bonchev–Trinajstić information content (AvgIpc) is 3.01. The molecule has 0 aliphatic carbocycles. The first kappa shape index (κ1) is 11.9. The topological polar surface area (TPSA) is 52.6 Å². The summed E-state index contributed by atoms with van der Waals surface area (Å²) in [5, 5.41) is 0. The van der Waals surface area contributed by atoms with Crippen LogP contribution in [0.4, 0.5) is 0 Å². The monoisotopic (exact) mass is 278 g/mol. The lowest BCUT2D eigenvalue weighted by Crippen LogP contribution is -2.34. The lowest BCUT2D eigenvalue weighted by atomic mass is 9.94. The van der Waals surface area contributed by atoms with Crippen molar-refractivity contribution < 1.29 is 19.1 Å². The molecule has 2 aromatic rings. The third-order valence-electron chi connectivity index (χ3n) is 3.71. The highest BCUT2D eigenvalue weighted by Crippen LogP contribution is 2.45. The fourth-order valence-electron chi connectivity index (χ4n) is 2.69. The van der Waals surface area contributed by atoms with Gasteiger partial charge in [-0.15, -0.1) is 0 Å². The number of hydrogen-bond acceptors (Lipinski definition) is 4. The molecule has 0 saturated carbocycles. The third-order valence-corrected chi connectivity index (χ3v) is 3.71. The summed E-state index contributed by atoms with van der Waals surface area (Å²) in [5.74, 6) is -2.55. The van der Waals surface area contributed by atoms with Crippen molar-refractivity contribution in [3.05, 3.63) is 77.5 Å². The van der Waals surface area contributed by atoms with E-state index in [1.807, 2.05) is 30.3 Å². The molecule has 0 N–H and O–H groups in total. The molecule has 4 heteroatoms. The molecular formula is C17H10O4. The second kappa shape index (κ2) is 4.06. The molecule has 2 aromatic carbocycles. The number of carbonyl (C=O) groups is 2. The molecule has 2 aliphatic rings. The molecule has 0 fully saturated rings. The van der Waals surface area contributed by atoms with Gasteiger partial charge in [0.2, 0.25) is 0 Å². The average molecular weight is 278 g/mol. The standard InChI is InChI=1S/C17H10O4/c18-15-13(11-6-2-1-3-7-11)10-20-17(15)14-9-5-4-8-12(14)16(19)21-17/h1-10H/t17-/m1/s1. The molecule has 0 bridgehead atoms. The fourth-order valence-corrected chi connectivity index (χ4v) is 2.69. The molecule has 0 unspecified atom stereocenters. The number of fused-ring (bicyclic) bond motifs is 2. The van der Waals surface area contributed by atoms with Crippen LogP contribution in [0.5, 0.6) is 0 Å². The molecule has 0 saturated heterocycles. The Morgan fingerprint density at radius 3 is 2.38 bits per heavy atom. The van der Waals surface area contributed by atoms with Crippen LogP contribution in [0.25, 0.3) is 5.57 Å². The van der Waals surface area contributed by atoms with Gasteiger partial charge in [-0.25, -0.2) is 4.79 Å². The van der Waals surface area contributed by atoms with Gasteiger partial charge in [-0.3, -0.25) is 4.79 Å². The number of benzene rings is 2. The molecule has 4 rings (SSSR count). The number of esters is 1. The summed E-state index contributed by atoms with van der Waals surface area (Å²) in [6.45, 7) is 0. The number of hydrogen-bond donors (Lipinski definition) is 0. The molecule has 1 spiro atoms. The summed E-state index contributed by atoms with van der Waals surface area (Å²) in [4.78, 5) is 24.7. The Morgan fingerprint density at radius 1 is 0.857 bits per heavy atom. The maximum Gasteiger partial charge on any atom is 0.347 e. The lowest BCUT2D eigenvalue weighted by molar-refractivity contribution is -0.173. The van der Waals surface area contributed by atoms with Gasteiger partial charge in [0.15, 0.2) is 0 Å². The van der Waals surface area contributed by atoms with E-state index in [4.69, 9.17) is 9.47 Å². The number of rotatable bonds is 1. The van der Waals surface area contributed by atoms with Crippen molar-refractivity contribution in [2.45, 2.75) is 5.79 Å². The van der Waals surface area contributed by atoms with Crippen molar-refractivity contribution in [2.24, 2.45) is 0 Å². The van der Waals surface area contributed by atoms with Crippen molar-refractivity contribution in [3.63, 3.8) is 0 Å². The second-order valence-corrected chi connectivity index (χ2v) is 4.90. The Kier molecular flexibility index (Phi) is 2.30.